The van der Waals surface area contributed by atoms with E-state index in [-0.39, 0.29) is 24.2 Å². The molecule has 1 aliphatic heterocycles. The average molecular weight is 322 g/mol. The predicted octanol–water partition coefficient (Wildman–Crippen LogP) is 2.21. The molecule has 0 aromatic heterocycles. The highest BCUT2D eigenvalue weighted by Crippen LogP contribution is 2.30. The van der Waals surface area contributed by atoms with Gasteiger partial charge in [-0.3, -0.25) is 0 Å². The zero-order valence-electron chi connectivity index (χ0n) is 14.6. The van der Waals surface area contributed by atoms with Gasteiger partial charge in [-0.2, -0.15) is 0 Å². The van der Waals surface area contributed by atoms with E-state index in [1.54, 1.807) is 0 Å². The number of likely N-dealkylation sites (tertiary alicyclic amines) is 1. The maximum absolute atomic E-state index is 12.3. The van der Waals surface area contributed by atoms with Crippen LogP contribution in [0.3, 0.4) is 0 Å². The summed E-state index contributed by atoms with van der Waals surface area (Å²) in [5.74, 6) is 0.579. The number of nitrogens with zero attached hydrogens (tertiary/aromatic N) is 1. The maximum atomic E-state index is 12.3. The van der Waals surface area contributed by atoms with Gasteiger partial charge in [0.1, 0.15) is 0 Å². The smallest absolute Gasteiger partial charge is 0.315 e. The van der Waals surface area contributed by atoms with Crippen molar-refractivity contribution in [3.05, 3.63) is 0 Å². The molecule has 4 N–H and O–H groups in total. The Morgan fingerprint density at radius 1 is 1.09 bits per heavy atom. The van der Waals surface area contributed by atoms with E-state index < -0.39 is 0 Å². The normalized spacial score (nSPS) is 34.4. The highest BCUT2D eigenvalue weighted by atomic mass is 16.2. The second-order valence-corrected chi connectivity index (χ2v) is 7.94. The lowest BCUT2D eigenvalue weighted by Gasteiger charge is -2.44. The van der Waals surface area contributed by atoms with Crippen molar-refractivity contribution in [2.75, 3.05) is 13.1 Å². The molecule has 0 aromatic rings. The van der Waals surface area contributed by atoms with Crippen molar-refractivity contribution in [1.82, 2.24) is 15.5 Å². The van der Waals surface area contributed by atoms with Crippen LogP contribution in [0.5, 0.6) is 0 Å². The van der Waals surface area contributed by atoms with Crippen LogP contribution >= 0.6 is 0 Å². The van der Waals surface area contributed by atoms with E-state index in [1.807, 2.05) is 0 Å². The minimum atomic E-state index is -0.0272. The van der Waals surface area contributed by atoms with Gasteiger partial charge in [0.15, 0.2) is 0 Å². The zero-order chi connectivity index (χ0) is 16.2. The molecule has 1 saturated heterocycles. The van der Waals surface area contributed by atoms with Crippen LogP contribution in [0.25, 0.3) is 0 Å². The number of hydrogen-bond donors (Lipinski definition) is 3. The molecule has 5 heteroatoms. The number of nitrogens with two attached hydrogens (primary N) is 1. The number of carbonyl (C=O) groups is 1. The third-order valence-corrected chi connectivity index (χ3v) is 6.28. The molecule has 0 bridgehead atoms. The van der Waals surface area contributed by atoms with Crippen LogP contribution in [-0.4, -0.2) is 48.2 Å². The van der Waals surface area contributed by atoms with Gasteiger partial charge < -0.3 is 21.3 Å². The van der Waals surface area contributed by atoms with E-state index >= 15 is 0 Å². The average Bonchev–Trinajstić information content (AvgIpc) is 2.48. The number of carbonyl (C=O) groups excluding carboxylic acids is 1. The van der Waals surface area contributed by atoms with E-state index in [0.29, 0.717) is 5.92 Å². The number of amides is 2. The van der Waals surface area contributed by atoms with E-state index in [2.05, 4.69) is 22.5 Å². The number of hydrogen-bond acceptors (Lipinski definition) is 3. The topological polar surface area (TPSA) is 70.4 Å². The van der Waals surface area contributed by atoms with Crippen LogP contribution < -0.4 is 16.4 Å². The van der Waals surface area contributed by atoms with Crippen molar-refractivity contribution >= 4 is 6.03 Å². The Morgan fingerprint density at radius 3 is 2.57 bits per heavy atom. The van der Waals surface area contributed by atoms with Crippen LogP contribution in [0.15, 0.2) is 0 Å². The Labute approximate surface area is 140 Å². The summed E-state index contributed by atoms with van der Waals surface area (Å²) in [5.41, 5.74) is 6.12. The summed E-state index contributed by atoms with van der Waals surface area (Å²) >= 11 is 0. The quantitative estimate of drug-likeness (QED) is 0.743. The molecule has 3 fully saturated rings. The van der Waals surface area contributed by atoms with E-state index in [9.17, 15) is 4.79 Å². The van der Waals surface area contributed by atoms with Crippen molar-refractivity contribution in [2.45, 2.75) is 88.9 Å². The summed E-state index contributed by atoms with van der Waals surface area (Å²) in [6.07, 6.45) is 11.0. The molecule has 0 radical (unpaired) electrons. The number of piperidine rings is 1. The fraction of sp³-hybridized carbons (Fsp3) is 0.944. The van der Waals surface area contributed by atoms with E-state index in [0.717, 1.165) is 25.4 Å². The van der Waals surface area contributed by atoms with Crippen LogP contribution in [0, 0.1) is 5.92 Å². The summed E-state index contributed by atoms with van der Waals surface area (Å²) in [4.78, 5) is 15.0. The Hall–Kier alpha value is -0.810. The van der Waals surface area contributed by atoms with Gasteiger partial charge >= 0.3 is 6.03 Å². The predicted molar refractivity (Wildman–Crippen MR) is 93.3 cm³/mol. The Balaban J connectivity index is 1.43. The van der Waals surface area contributed by atoms with Gasteiger partial charge in [0.2, 0.25) is 0 Å². The second kappa shape index (κ2) is 7.84. The SMILES string of the molecule is CC(NC(=O)N[C@@H]1CCCC[C@H]1N)C1CCCN(C2CCC2)C1. The highest BCUT2D eigenvalue weighted by Gasteiger charge is 2.32. The third-order valence-electron chi connectivity index (χ3n) is 6.28. The summed E-state index contributed by atoms with van der Waals surface area (Å²) in [5, 5.41) is 6.29. The lowest BCUT2D eigenvalue weighted by atomic mass is 9.85. The fourth-order valence-electron chi connectivity index (χ4n) is 4.41. The maximum Gasteiger partial charge on any atom is 0.315 e. The summed E-state index contributed by atoms with van der Waals surface area (Å²) in [6, 6.07) is 1.29. The van der Waals surface area contributed by atoms with Gasteiger partial charge in [0.05, 0.1) is 0 Å². The molecule has 5 nitrogen and oxygen atoms in total. The largest absolute Gasteiger partial charge is 0.335 e. The Bertz CT molecular complexity index is 398. The van der Waals surface area contributed by atoms with Crippen molar-refractivity contribution in [2.24, 2.45) is 11.7 Å². The minimum absolute atomic E-state index is 0.0272. The summed E-state index contributed by atoms with van der Waals surface area (Å²) in [7, 11) is 0. The number of urea groups is 1. The molecule has 4 atom stereocenters. The molecule has 2 amide bonds. The molecule has 23 heavy (non-hydrogen) atoms. The van der Waals surface area contributed by atoms with Gasteiger partial charge in [0.25, 0.3) is 0 Å². The van der Waals surface area contributed by atoms with Crippen LogP contribution in [0.2, 0.25) is 0 Å². The van der Waals surface area contributed by atoms with Gasteiger partial charge in [0, 0.05) is 30.7 Å². The van der Waals surface area contributed by atoms with E-state index in [1.165, 1.54) is 51.5 Å². The molecule has 1 heterocycles. The first-order valence-electron chi connectivity index (χ1n) is 9.70. The first kappa shape index (κ1) is 17.0. The molecular formula is C18H34N4O. The lowest BCUT2D eigenvalue weighted by Crippen LogP contribution is -2.56. The van der Waals surface area contributed by atoms with Crippen LogP contribution in [-0.2, 0) is 0 Å². The van der Waals surface area contributed by atoms with Crippen molar-refractivity contribution < 1.29 is 4.79 Å². The first-order chi connectivity index (χ1) is 11.1. The zero-order valence-corrected chi connectivity index (χ0v) is 14.6. The number of rotatable bonds is 4. The van der Waals surface area contributed by atoms with Crippen molar-refractivity contribution in [1.29, 1.82) is 0 Å². The lowest BCUT2D eigenvalue weighted by molar-refractivity contribution is 0.0677. The molecule has 0 aromatic carbocycles. The van der Waals surface area contributed by atoms with Gasteiger partial charge in [-0.25, -0.2) is 4.79 Å². The Kier molecular flexibility index (Phi) is 5.81. The van der Waals surface area contributed by atoms with E-state index in [4.69, 9.17) is 5.73 Å². The van der Waals surface area contributed by atoms with Gasteiger partial charge in [-0.15, -0.1) is 0 Å². The molecule has 2 saturated carbocycles. The van der Waals surface area contributed by atoms with Gasteiger partial charge in [-0.1, -0.05) is 19.3 Å². The molecule has 3 rings (SSSR count). The van der Waals surface area contributed by atoms with Crippen LogP contribution in [0.4, 0.5) is 4.79 Å². The molecular weight excluding hydrogens is 288 g/mol. The molecule has 132 valence electrons. The fourth-order valence-corrected chi connectivity index (χ4v) is 4.41. The van der Waals surface area contributed by atoms with Crippen LogP contribution in [0.1, 0.15) is 64.7 Å². The molecule has 0 spiro atoms. The summed E-state index contributed by atoms with van der Waals surface area (Å²) in [6.45, 7) is 4.56. The van der Waals surface area contributed by atoms with Crippen molar-refractivity contribution in [3.63, 3.8) is 0 Å². The Morgan fingerprint density at radius 2 is 1.87 bits per heavy atom. The number of nitrogens with one attached hydrogen (secondary N) is 2. The monoisotopic (exact) mass is 322 g/mol. The second-order valence-electron chi connectivity index (χ2n) is 7.94. The minimum Gasteiger partial charge on any atom is -0.335 e. The highest BCUT2D eigenvalue weighted by molar-refractivity contribution is 5.74. The molecule has 2 aliphatic carbocycles. The first-order valence-corrected chi connectivity index (χ1v) is 9.70. The molecule has 3 aliphatic rings. The summed E-state index contributed by atoms with van der Waals surface area (Å²) < 4.78 is 0. The van der Waals surface area contributed by atoms with Crippen molar-refractivity contribution in [3.8, 4) is 0 Å². The third kappa shape index (κ3) is 4.38. The van der Waals surface area contributed by atoms with Gasteiger partial charge in [-0.05, 0) is 57.9 Å². The molecule has 2 unspecified atom stereocenters. The standard InChI is InChI=1S/C18H34N4O/c1-13(14-6-5-11-22(12-14)15-7-4-8-15)20-18(23)21-17-10-3-2-9-16(17)19/h13-17H,2-12,19H2,1H3,(H2,20,21,23)/t13?,14?,16-,17-/m1/s1.